The molecule has 1 aliphatic rings. The van der Waals surface area contributed by atoms with E-state index in [0.717, 1.165) is 44.0 Å². The summed E-state index contributed by atoms with van der Waals surface area (Å²) in [6.45, 7) is 7.48. The summed E-state index contributed by atoms with van der Waals surface area (Å²) in [4.78, 5) is 17.5. The monoisotopic (exact) mass is 355 g/mol. The Hall–Kier alpha value is -2.43. The summed E-state index contributed by atoms with van der Waals surface area (Å²) in [5.74, 6) is 1.59. The minimum absolute atomic E-state index is 0.109. The molecule has 1 aromatic carbocycles. The minimum atomic E-state index is -0.109. The Morgan fingerprint density at radius 1 is 1.04 bits per heavy atom. The van der Waals surface area contributed by atoms with Crippen molar-refractivity contribution in [3.8, 4) is 5.75 Å². The quantitative estimate of drug-likeness (QED) is 0.797. The predicted molar refractivity (Wildman–Crippen MR) is 105 cm³/mol. The first-order valence-corrected chi connectivity index (χ1v) is 9.39. The van der Waals surface area contributed by atoms with Gasteiger partial charge in [-0.2, -0.15) is 0 Å². The summed E-state index contributed by atoms with van der Waals surface area (Å²) >= 11 is 0. The van der Waals surface area contributed by atoms with Crippen LogP contribution < -0.4 is 9.64 Å². The molecule has 1 aromatic heterocycles. The zero-order valence-electron chi connectivity index (χ0n) is 16.0. The van der Waals surface area contributed by atoms with Crippen LogP contribution in [-0.2, 0) is 4.79 Å². The number of hydrogen-bond donors (Lipinski definition) is 0. The topological polar surface area (TPSA) is 37.7 Å². The van der Waals surface area contributed by atoms with Crippen LogP contribution in [0.2, 0.25) is 0 Å². The zero-order valence-corrected chi connectivity index (χ0v) is 16.0. The van der Waals surface area contributed by atoms with Gasteiger partial charge in [0.05, 0.1) is 12.8 Å². The highest BCUT2D eigenvalue weighted by molar-refractivity contribution is 5.81. The first kappa shape index (κ1) is 18.4. The van der Waals surface area contributed by atoms with E-state index in [4.69, 9.17) is 4.74 Å². The van der Waals surface area contributed by atoms with Crippen LogP contribution in [0.4, 0.5) is 5.69 Å². The highest BCUT2D eigenvalue weighted by Crippen LogP contribution is 2.29. The molecule has 1 aliphatic heterocycles. The number of methoxy groups -OCH3 is 1. The van der Waals surface area contributed by atoms with Gasteiger partial charge in [0.1, 0.15) is 11.8 Å². The van der Waals surface area contributed by atoms with E-state index in [-0.39, 0.29) is 11.9 Å². The molecule has 0 aliphatic carbocycles. The van der Waals surface area contributed by atoms with Crippen molar-refractivity contribution >= 4 is 11.6 Å². The normalized spacial score (nSPS) is 16.0. The van der Waals surface area contributed by atoms with E-state index in [9.17, 15) is 4.79 Å². The molecule has 2 aromatic rings. The summed E-state index contributed by atoms with van der Waals surface area (Å²) in [7, 11) is 1.70. The summed E-state index contributed by atoms with van der Waals surface area (Å²) < 4.78 is 7.53. The van der Waals surface area contributed by atoms with Gasteiger partial charge in [-0.1, -0.05) is 26.0 Å². The van der Waals surface area contributed by atoms with E-state index in [2.05, 4.69) is 29.4 Å². The maximum atomic E-state index is 13.2. The molecule has 2 heterocycles. The molecule has 1 fully saturated rings. The van der Waals surface area contributed by atoms with E-state index in [0.29, 0.717) is 5.92 Å². The Kier molecular flexibility index (Phi) is 5.86. The van der Waals surface area contributed by atoms with Crippen LogP contribution in [0.3, 0.4) is 0 Å². The molecule has 1 saturated heterocycles. The molecule has 3 rings (SSSR count). The molecule has 140 valence electrons. The van der Waals surface area contributed by atoms with Crippen LogP contribution in [-0.4, -0.2) is 48.7 Å². The molecule has 0 unspecified atom stereocenters. The number of carbonyl (C=O) groups excluding carboxylic acids is 1. The number of amides is 1. The standard InChI is InChI=1S/C21H29N3O2/c1-17(2)16-19(22-10-6-7-11-22)21(25)24-14-12-23(13-15-24)18-8-4-5-9-20(18)26-3/h4-11,17,19H,12-16H2,1-3H3/t19-/m1/s1. The number of aromatic nitrogens is 1. The number of nitrogens with zero attached hydrogens (tertiary/aromatic N) is 3. The average molecular weight is 355 g/mol. The van der Waals surface area contributed by atoms with Crippen LogP contribution in [0.1, 0.15) is 26.3 Å². The van der Waals surface area contributed by atoms with E-state index in [1.165, 1.54) is 0 Å². The number of para-hydroxylation sites is 2. The van der Waals surface area contributed by atoms with E-state index in [1.54, 1.807) is 7.11 Å². The van der Waals surface area contributed by atoms with Gasteiger partial charge in [0, 0.05) is 38.6 Å². The fourth-order valence-electron chi connectivity index (χ4n) is 3.62. The molecule has 1 amide bonds. The van der Waals surface area contributed by atoms with Gasteiger partial charge in [-0.05, 0) is 36.6 Å². The van der Waals surface area contributed by atoms with Crippen LogP contribution in [0, 0.1) is 5.92 Å². The Labute approximate surface area is 156 Å². The second-order valence-electron chi connectivity index (χ2n) is 7.26. The second kappa shape index (κ2) is 8.30. The summed E-state index contributed by atoms with van der Waals surface area (Å²) in [6, 6.07) is 11.9. The lowest BCUT2D eigenvalue weighted by Crippen LogP contribution is -2.50. The van der Waals surface area contributed by atoms with Crippen molar-refractivity contribution in [3.05, 3.63) is 48.8 Å². The number of anilines is 1. The van der Waals surface area contributed by atoms with Gasteiger partial charge in [0.25, 0.3) is 0 Å². The number of ether oxygens (including phenoxy) is 1. The lowest BCUT2D eigenvalue weighted by Gasteiger charge is -2.38. The summed E-state index contributed by atoms with van der Waals surface area (Å²) in [5.41, 5.74) is 1.10. The Morgan fingerprint density at radius 2 is 1.69 bits per heavy atom. The highest BCUT2D eigenvalue weighted by Gasteiger charge is 2.29. The maximum absolute atomic E-state index is 13.2. The minimum Gasteiger partial charge on any atom is -0.495 e. The molecule has 26 heavy (non-hydrogen) atoms. The van der Waals surface area contributed by atoms with Gasteiger partial charge in [0.15, 0.2) is 0 Å². The molecule has 0 saturated carbocycles. The molecule has 5 heteroatoms. The molecular formula is C21H29N3O2. The van der Waals surface area contributed by atoms with Gasteiger partial charge in [-0.25, -0.2) is 0 Å². The Morgan fingerprint density at radius 3 is 2.31 bits per heavy atom. The highest BCUT2D eigenvalue weighted by atomic mass is 16.5. The van der Waals surface area contributed by atoms with Crippen molar-refractivity contribution in [1.29, 1.82) is 0 Å². The van der Waals surface area contributed by atoms with E-state index < -0.39 is 0 Å². The SMILES string of the molecule is COc1ccccc1N1CCN(C(=O)[C@@H](CC(C)C)n2cccc2)CC1. The molecule has 0 N–H and O–H groups in total. The van der Waals surface area contributed by atoms with Crippen molar-refractivity contribution in [3.63, 3.8) is 0 Å². The fourth-order valence-corrected chi connectivity index (χ4v) is 3.62. The smallest absolute Gasteiger partial charge is 0.245 e. The molecule has 1 atom stereocenters. The number of rotatable bonds is 6. The van der Waals surface area contributed by atoms with Crippen LogP contribution in [0.25, 0.3) is 0 Å². The molecular weight excluding hydrogens is 326 g/mol. The Bertz CT molecular complexity index is 704. The van der Waals surface area contributed by atoms with Gasteiger partial charge in [-0.3, -0.25) is 4.79 Å². The number of carbonyl (C=O) groups is 1. The van der Waals surface area contributed by atoms with Crippen molar-refractivity contribution in [2.24, 2.45) is 5.92 Å². The van der Waals surface area contributed by atoms with E-state index in [1.807, 2.05) is 47.6 Å². The third kappa shape index (κ3) is 4.03. The van der Waals surface area contributed by atoms with Crippen molar-refractivity contribution < 1.29 is 9.53 Å². The third-order valence-corrected chi connectivity index (χ3v) is 4.98. The largest absolute Gasteiger partial charge is 0.495 e. The molecule has 0 spiro atoms. The molecule has 0 radical (unpaired) electrons. The summed E-state index contributed by atoms with van der Waals surface area (Å²) in [6.07, 6.45) is 4.85. The van der Waals surface area contributed by atoms with Gasteiger partial charge >= 0.3 is 0 Å². The lowest BCUT2D eigenvalue weighted by atomic mass is 10.0. The van der Waals surface area contributed by atoms with Gasteiger partial charge < -0.3 is 19.1 Å². The first-order valence-electron chi connectivity index (χ1n) is 9.39. The number of hydrogen-bond acceptors (Lipinski definition) is 3. The van der Waals surface area contributed by atoms with Gasteiger partial charge in [0.2, 0.25) is 5.91 Å². The number of piperazine rings is 1. The maximum Gasteiger partial charge on any atom is 0.245 e. The molecule has 0 bridgehead atoms. The first-order chi connectivity index (χ1) is 12.6. The van der Waals surface area contributed by atoms with Crippen LogP contribution in [0.15, 0.2) is 48.8 Å². The summed E-state index contributed by atoms with van der Waals surface area (Å²) in [5, 5.41) is 0. The zero-order chi connectivity index (χ0) is 18.5. The average Bonchev–Trinajstić information content (AvgIpc) is 3.20. The molecule has 5 nitrogen and oxygen atoms in total. The second-order valence-corrected chi connectivity index (χ2v) is 7.26. The van der Waals surface area contributed by atoms with Crippen LogP contribution >= 0.6 is 0 Å². The van der Waals surface area contributed by atoms with E-state index >= 15 is 0 Å². The lowest BCUT2D eigenvalue weighted by molar-refractivity contribution is -0.135. The predicted octanol–water partition coefficient (Wildman–Crippen LogP) is 3.43. The fraction of sp³-hybridized carbons (Fsp3) is 0.476. The Balaban J connectivity index is 1.67. The van der Waals surface area contributed by atoms with Gasteiger partial charge in [-0.15, -0.1) is 0 Å². The third-order valence-electron chi connectivity index (χ3n) is 4.98. The van der Waals surface area contributed by atoms with Crippen molar-refractivity contribution in [2.75, 3.05) is 38.2 Å². The van der Waals surface area contributed by atoms with Crippen LogP contribution in [0.5, 0.6) is 5.75 Å². The van der Waals surface area contributed by atoms with Crippen molar-refractivity contribution in [1.82, 2.24) is 9.47 Å². The number of benzene rings is 1. The van der Waals surface area contributed by atoms with Crippen molar-refractivity contribution in [2.45, 2.75) is 26.3 Å².